The van der Waals surface area contributed by atoms with Crippen molar-refractivity contribution >= 4 is 29.2 Å². The predicted molar refractivity (Wildman–Crippen MR) is 109 cm³/mol. The fraction of sp³-hybridized carbons (Fsp3) is 0.579. The molecule has 1 aliphatic rings. The lowest BCUT2D eigenvalue weighted by atomic mass is 10.2. The molecule has 1 unspecified atom stereocenters. The number of amides is 1. The van der Waals surface area contributed by atoms with Gasteiger partial charge in [0.05, 0.1) is 6.54 Å². The van der Waals surface area contributed by atoms with Crippen LogP contribution in [-0.2, 0) is 4.79 Å². The number of nitrogens with one attached hydrogen (secondary N) is 3. The zero-order valence-electron chi connectivity index (χ0n) is 15.7. The minimum atomic E-state index is 0.0550. The molecular formula is C19H30ClN5O. The number of carbonyl (C=O) groups excluding carboxylic acids is 1. The molecule has 1 aromatic rings. The van der Waals surface area contributed by atoms with E-state index in [4.69, 9.17) is 11.6 Å². The topological polar surface area (TPSA) is 68.8 Å². The summed E-state index contributed by atoms with van der Waals surface area (Å²) in [5.41, 5.74) is 1.15. The third-order valence-electron chi connectivity index (χ3n) is 4.23. The summed E-state index contributed by atoms with van der Waals surface area (Å²) in [5.74, 6) is 0.827. The molecule has 1 aromatic carbocycles. The molecule has 26 heavy (non-hydrogen) atoms. The van der Waals surface area contributed by atoms with E-state index in [0.717, 1.165) is 55.7 Å². The molecule has 1 heterocycles. The Morgan fingerprint density at radius 3 is 2.92 bits per heavy atom. The van der Waals surface area contributed by atoms with E-state index < -0.39 is 0 Å². The number of benzene rings is 1. The van der Waals surface area contributed by atoms with Crippen LogP contribution in [0.3, 0.4) is 0 Å². The van der Waals surface area contributed by atoms with Crippen molar-refractivity contribution in [2.45, 2.75) is 39.2 Å². The summed E-state index contributed by atoms with van der Waals surface area (Å²) in [7, 11) is 0. The first kappa shape index (κ1) is 20.4. The van der Waals surface area contributed by atoms with Gasteiger partial charge in [-0.25, -0.2) is 0 Å². The van der Waals surface area contributed by atoms with Gasteiger partial charge in [-0.3, -0.25) is 9.79 Å². The minimum absolute atomic E-state index is 0.0550. The maximum absolute atomic E-state index is 11.7. The van der Waals surface area contributed by atoms with Crippen molar-refractivity contribution in [3.63, 3.8) is 0 Å². The fourth-order valence-electron chi connectivity index (χ4n) is 2.92. The Morgan fingerprint density at radius 1 is 1.35 bits per heavy atom. The molecule has 1 atom stereocenters. The lowest BCUT2D eigenvalue weighted by molar-refractivity contribution is -0.120. The molecule has 1 amide bonds. The van der Waals surface area contributed by atoms with Gasteiger partial charge in [0.25, 0.3) is 0 Å². The van der Waals surface area contributed by atoms with Crippen LogP contribution in [0.5, 0.6) is 0 Å². The molecular weight excluding hydrogens is 350 g/mol. The minimum Gasteiger partial charge on any atom is -0.369 e. The van der Waals surface area contributed by atoms with E-state index in [-0.39, 0.29) is 5.91 Å². The van der Waals surface area contributed by atoms with E-state index >= 15 is 0 Å². The number of carbonyl (C=O) groups is 1. The van der Waals surface area contributed by atoms with Crippen molar-refractivity contribution in [3.8, 4) is 0 Å². The summed E-state index contributed by atoms with van der Waals surface area (Å²) in [4.78, 5) is 18.5. The summed E-state index contributed by atoms with van der Waals surface area (Å²) >= 11 is 6.10. The standard InChI is InChI=1S/C19H30ClN5O/c1-3-10-22-18(26)8-11-23-19(21-4-2)24-16-9-12-25(14-16)17-7-5-6-15(20)13-17/h5-7,13,16H,3-4,8-12,14H2,1-2H3,(H,22,26)(H2,21,23,24). The van der Waals surface area contributed by atoms with Gasteiger partial charge in [-0.05, 0) is 38.0 Å². The highest BCUT2D eigenvalue weighted by molar-refractivity contribution is 6.30. The average Bonchev–Trinajstić information content (AvgIpc) is 3.08. The van der Waals surface area contributed by atoms with Gasteiger partial charge in [0.2, 0.25) is 5.91 Å². The Kier molecular flexibility index (Phi) is 8.54. The Labute approximate surface area is 161 Å². The number of guanidine groups is 1. The number of nitrogens with zero attached hydrogens (tertiary/aromatic N) is 2. The number of anilines is 1. The van der Waals surface area contributed by atoms with Crippen molar-refractivity contribution in [1.29, 1.82) is 0 Å². The summed E-state index contributed by atoms with van der Waals surface area (Å²) in [6.07, 6.45) is 2.40. The zero-order chi connectivity index (χ0) is 18.8. The van der Waals surface area contributed by atoms with E-state index in [0.29, 0.717) is 19.0 Å². The summed E-state index contributed by atoms with van der Waals surface area (Å²) in [6.45, 7) is 7.97. The first-order chi connectivity index (χ1) is 12.6. The first-order valence-corrected chi connectivity index (χ1v) is 9.82. The van der Waals surface area contributed by atoms with Crippen LogP contribution in [0.25, 0.3) is 0 Å². The Bertz CT molecular complexity index is 607. The van der Waals surface area contributed by atoms with Crippen LogP contribution in [0.2, 0.25) is 5.02 Å². The highest BCUT2D eigenvalue weighted by Gasteiger charge is 2.23. The molecule has 0 aromatic heterocycles. The van der Waals surface area contributed by atoms with E-state index in [2.05, 4.69) is 31.9 Å². The van der Waals surface area contributed by atoms with Crippen LogP contribution in [0.4, 0.5) is 5.69 Å². The maximum Gasteiger partial charge on any atom is 0.221 e. The third-order valence-corrected chi connectivity index (χ3v) is 4.46. The molecule has 0 saturated carbocycles. The second-order valence-electron chi connectivity index (χ2n) is 6.42. The van der Waals surface area contributed by atoms with Crippen LogP contribution < -0.4 is 20.9 Å². The number of halogens is 1. The number of rotatable bonds is 8. The van der Waals surface area contributed by atoms with Crippen LogP contribution >= 0.6 is 11.6 Å². The highest BCUT2D eigenvalue weighted by Crippen LogP contribution is 2.23. The van der Waals surface area contributed by atoms with Crippen LogP contribution in [-0.4, -0.2) is 50.6 Å². The molecule has 1 fully saturated rings. The van der Waals surface area contributed by atoms with Gasteiger partial charge in [-0.2, -0.15) is 0 Å². The van der Waals surface area contributed by atoms with E-state index in [1.165, 1.54) is 0 Å². The number of hydrogen-bond donors (Lipinski definition) is 3. The molecule has 1 saturated heterocycles. The predicted octanol–water partition coefficient (Wildman–Crippen LogP) is 2.39. The van der Waals surface area contributed by atoms with Crippen LogP contribution in [0.1, 0.15) is 33.1 Å². The molecule has 1 aliphatic heterocycles. The normalized spacial score (nSPS) is 17.3. The van der Waals surface area contributed by atoms with Crippen molar-refractivity contribution in [3.05, 3.63) is 29.3 Å². The lowest BCUT2D eigenvalue weighted by Gasteiger charge is -2.20. The molecule has 7 heteroatoms. The van der Waals surface area contributed by atoms with Gasteiger partial charge in [0, 0.05) is 49.4 Å². The van der Waals surface area contributed by atoms with Crippen molar-refractivity contribution in [2.75, 3.05) is 37.6 Å². The maximum atomic E-state index is 11.7. The third kappa shape index (κ3) is 6.75. The molecule has 0 bridgehead atoms. The first-order valence-electron chi connectivity index (χ1n) is 9.44. The van der Waals surface area contributed by atoms with Gasteiger partial charge in [-0.15, -0.1) is 0 Å². The average molecular weight is 380 g/mol. The second kappa shape index (κ2) is 10.9. The molecule has 2 rings (SSSR count). The van der Waals surface area contributed by atoms with Gasteiger partial charge in [0.1, 0.15) is 0 Å². The Morgan fingerprint density at radius 2 is 2.19 bits per heavy atom. The number of aliphatic imine (C=N–C) groups is 1. The molecule has 0 radical (unpaired) electrons. The van der Waals surface area contributed by atoms with Crippen molar-refractivity contribution in [1.82, 2.24) is 16.0 Å². The lowest BCUT2D eigenvalue weighted by Crippen LogP contribution is -2.44. The molecule has 144 valence electrons. The van der Waals surface area contributed by atoms with Crippen molar-refractivity contribution in [2.24, 2.45) is 4.99 Å². The highest BCUT2D eigenvalue weighted by atomic mass is 35.5. The molecule has 3 N–H and O–H groups in total. The molecule has 6 nitrogen and oxygen atoms in total. The smallest absolute Gasteiger partial charge is 0.221 e. The van der Waals surface area contributed by atoms with Crippen LogP contribution in [0, 0.1) is 0 Å². The van der Waals surface area contributed by atoms with Gasteiger partial charge in [0.15, 0.2) is 5.96 Å². The van der Waals surface area contributed by atoms with Gasteiger partial charge in [-0.1, -0.05) is 24.6 Å². The molecule has 0 spiro atoms. The van der Waals surface area contributed by atoms with Crippen LogP contribution in [0.15, 0.2) is 29.3 Å². The molecule has 0 aliphatic carbocycles. The van der Waals surface area contributed by atoms with E-state index in [1.807, 2.05) is 32.0 Å². The fourth-order valence-corrected chi connectivity index (χ4v) is 3.11. The Balaban J connectivity index is 1.83. The number of hydrogen-bond acceptors (Lipinski definition) is 3. The largest absolute Gasteiger partial charge is 0.369 e. The second-order valence-corrected chi connectivity index (χ2v) is 6.85. The van der Waals surface area contributed by atoms with Crippen molar-refractivity contribution < 1.29 is 4.79 Å². The quantitative estimate of drug-likeness (QED) is 0.479. The Hall–Kier alpha value is -1.95. The zero-order valence-corrected chi connectivity index (χ0v) is 16.5. The van der Waals surface area contributed by atoms with Gasteiger partial charge >= 0.3 is 0 Å². The summed E-state index contributed by atoms with van der Waals surface area (Å²) in [5, 5.41) is 10.4. The summed E-state index contributed by atoms with van der Waals surface area (Å²) in [6, 6.07) is 8.28. The monoisotopic (exact) mass is 379 g/mol. The SMILES string of the molecule is CCCNC(=O)CCN=C(NCC)NC1CCN(c2cccc(Cl)c2)C1. The van der Waals surface area contributed by atoms with Gasteiger partial charge < -0.3 is 20.9 Å². The van der Waals surface area contributed by atoms with E-state index in [9.17, 15) is 4.79 Å². The van der Waals surface area contributed by atoms with E-state index in [1.54, 1.807) is 0 Å². The summed E-state index contributed by atoms with van der Waals surface area (Å²) < 4.78 is 0.